The molecule has 0 saturated heterocycles. The molecule has 11 heteroatoms. The molecule has 1 heterocycles. The number of carbonyl (C=O) groups excluding carboxylic acids is 1. The molecule has 0 unspecified atom stereocenters. The summed E-state index contributed by atoms with van der Waals surface area (Å²) in [5.41, 5.74) is -0.643. The summed E-state index contributed by atoms with van der Waals surface area (Å²) in [6.45, 7) is 1.53. The molecule has 3 N–H and O–H groups in total. The molecular weight excluding hydrogens is 421 g/mol. The van der Waals surface area contributed by atoms with Crippen molar-refractivity contribution in [1.82, 2.24) is 10.6 Å². The molecule has 1 aliphatic heterocycles. The van der Waals surface area contributed by atoms with Crippen LogP contribution >= 0.6 is 12.2 Å². The van der Waals surface area contributed by atoms with Crippen molar-refractivity contribution in [2.24, 2.45) is 0 Å². The van der Waals surface area contributed by atoms with Crippen LogP contribution in [-0.4, -0.2) is 15.9 Å². The second-order valence-corrected chi connectivity index (χ2v) is 6.82. The predicted octanol–water partition coefficient (Wildman–Crippen LogP) is 4.05. The molecule has 1 aliphatic rings. The third-order valence-corrected chi connectivity index (χ3v) is 4.65. The molecule has 30 heavy (non-hydrogen) atoms. The van der Waals surface area contributed by atoms with Crippen LogP contribution in [0.25, 0.3) is 0 Å². The van der Waals surface area contributed by atoms with Gasteiger partial charge in [0, 0.05) is 23.5 Å². The quantitative estimate of drug-likeness (QED) is 0.380. The second kappa shape index (κ2) is 8.11. The van der Waals surface area contributed by atoms with Crippen LogP contribution in [-0.2, 0) is 11.0 Å². The summed E-state index contributed by atoms with van der Waals surface area (Å²) >= 11 is 5.07. The van der Waals surface area contributed by atoms with Gasteiger partial charge in [0.1, 0.15) is 0 Å². The van der Waals surface area contributed by atoms with Crippen molar-refractivity contribution in [3.05, 3.63) is 81.0 Å². The summed E-state index contributed by atoms with van der Waals surface area (Å²) in [4.78, 5) is 23.1. The third kappa shape index (κ3) is 4.40. The van der Waals surface area contributed by atoms with Gasteiger partial charge in [-0.1, -0.05) is 18.2 Å². The first kappa shape index (κ1) is 21.2. The van der Waals surface area contributed by atoms with Crippen molar-refractivity contribution < 1.29 is 22.9 Å². The molecule has 3 rings (SSSR count). The number of nitrogens with one attached hydrogen (secondary N) is 3. The normalized spacial score (nSPS) is 16.5. The first-order valence-corrected chi connectivity index (χ1v) is 8.99. The number of non-ortho nitro benzene ring substituents is 1. The smallest absolute Gasteiger partial charge is 0.351 e. The highest BCUT2D eigenvalue weighted by Crippen LogP contribution is 2.38. The van der Waals surface area contributed by atoms with E-state index in [-0.39, 0.29) is 27.6 Å². The van der Waals surface area contributed by atoms with E-state index in [2.05, 4.69) is 16.0 Å². The van der Waals surface area contributed by atoms with Gasteiger partial charge in [-0.25, -0.2) is 0 Å². The molecule has 156 valence electrons. The first-order valence-electron chi connectivity index (χ1n) is 8.58. The molecule has 0 aromatic heterocycles. The highest BCUT2D eigenvalue weighted by atomic mass is 32.1. The molecule has 0 spiro atoms. The number of alkyl halides is 3. The van der Waals surface area contributed by atoms with Crippen molar-refractivity contribution in [1.29, 1.82) is 0 Å². The van der Waals surface area contributed by atoms with Crippen molar-refractivity contribution in [3.8, 4) is 0 Å². The number of allylic oxidation sites excluding steroid dienone is 1. The number of nitro groups is 1. The number of nitrogens with zero attached hydrogens (tertiary/aromatic N) is 1. The maximum Gasteiger partial charge on any atom is 0.416 e. The lowest BCUT2D eigenvalue weighted by Crippen LogP contribution is -2.46. The molecule has 2 aromatic carbocycles. The van der Waals surface area contributed by atoms with E-state index in [1.165, 1.54) is 49.4 Å². The Bertz CT molecular complexity index is 1050. The Labute approximate surface area is 174 Å². The van der Waals surface area contributed by atoms with Crippen LogP contribution in [0, 0.1) is 10.1 Å². The highest BCUT2D eigenvalue weighted by molar-refractivity contribution is 7.80. The summed E-state index contributed by atoms with van der Waals surface area (Å²) in [6, 6.07) is 8.86. The van der Waals surface area contributed by atoms with Gasteiger partial charge < -0.3 is 16.0 Å². The maximum atomic E-state index is 13.5. The van der Waals surface area contributed by atoms with Gasteiger partial charge in [0.25, 0.3) is 11.6 Å². The summed E-state index contributed by atoms with van der Waals surface area (Å²) in [5.74, 6) is -0.675. The monoisotopic (exact) mass is 436 g/mol. The SMILES string of the molecule is CC1=C(C(=O)Nc2ccc([N+](=O)[O-])cc2)[C@@H](c2ccccc2C(F)(F)F)NC(=S)N1. The number of halogens is 3. The van der Waals surface area contributed by atoms with Gasteiger partial charge in [-0.15, -0.1) is 0 Å². The Morgan fingerprint density at radius 3 is 2.40 bits per heavy atom. The van der Waals surface area contributed by atoms with E-state index in [9.17, 15) is 28.1 Å². The Hall–Kier alpha value is -3.47. The Morgan fingerprint density at radius 2 is 1.80 bits per heavy atom. The summed E-state index contributed by atoms with van der Waals surface area (Å²) in [7, 11) is 0. The number of nitro benzene ring substituents is 1. The lowest BCUT2D eigenvalue weighted by molar-refractivity contribution is -0.384. The van der Waals surface area contributed by atoms with Crippen LogP contribution < -0.4 is 16.0 Å². The number of thiocarbonyl (C=S) groups is 1. The van der Waals surface area contributed by atoms with E-state index < -0.39 is 28.6 Å². The van der Waals surface area contributed by atoms with Crippen LogP contribution in [0.4, 0.5) is 24.5 Å². The average molecular weight is 436 g/mol. The van der Waals surface area contributed by atoms with E-state index >= 15 is 0 Å². The molecule has 0 bridgehead atoms. The van der Waals surface area contributed by atoms with Gasteiger partial charge in [-0.05, 0) is 42.9 Å². The van der Waals surface area contributed by atoms with Gasteiger partial charge in [-0.3, -0.25) is 14.9 Å². The molecule has 0 radical (unpaired) electrons. The molecule has 0 aliphatic carbocycles. The van der Waals surface area contributed by atoms with E-state index in [4.69, 9.17) is 12.2 Å². The molecular formula is C19H15F3N4O3S. The minimum absolute atomic E-state index is 0.0126. The van der Waals surface area contributed by atoms with Crippen LogP contribution in [0.15, 0.2) is 59.8 Å². The van der Waals surface area contributed by atoms with Crippen LogP contribution in [0.2, 0.25) is 0 Å². The summed E-state index contributed by atoms with van der Waals surface area (Å²) in [6.07, 6.45) is -4.63. The number of carbonyl (C=O) groups is 1. The Balaban J connectivity index is 1.99. The fourth-order valence-corrected chi connectivity index (χ4v) is 3.37. The van der Waals surface area contributed by atoms with Crippen molar-refractivity contribution in [2.45, 2.75) is 19.1 Å². The minimum atomic E-state index is -4.63. The molecule has 2 aromatic rings. The van der Waals surface area contributed by atoms with Crippen LogP contribution in [0.5, 0.6) is 0 Å². The lowest BCUT2D eigenvalue weighted by Gasteiger charge is -2.31. The number of rotatable bonds is 4. The standard InChI is InChI=1S/C19H15F3N4O3S/c1-10-15(17(27)24-11-6-8-12(9-7-11)26(28)29)16(25-18(30)23-10)13-4-2-3-5-14(13)19(20,21)22/h2-9,16H,1H3,(H,24,27)(H2,23,25,30)/t16-/m1/s1. The third-order valence-electron chi connectivity index (χ3n) is 4.43. The van der Waals surface area contributed by atoms with E-state index in [0.29, 0.717) is 5.70 Å². The van der Waals surface area contributed by atoms with Crippen molar-refractivity contribution in [2.75, 3.05) is 5.32 Å². The van der Waals surface area contributed by atoms with Crippen LogP contribution in [0.1, 0.15) is 24.1 Å². The van der Waals surface area contributed by atoms with Crippen molar-refractivity contribution >= 4 is 34.6 Å². The Kier molecular flexibility index (Phi) is 5.74. The second-order valence-electron chi connectivity index (χ2n) is 6.41. The van der Waals surface area contributed by atoms with Crippen molar-refractivity contribution in [3.63, 3.8) is 0 Å². The summed E-state index contributed by atoms with van der Waals surface area (Å²) in [5, 5.41) is 18.9. The first-order chi connectivity index (χ1) is 14.1. The molecule has 1 atom stereocenters. The lowest BCUT2D eigenvalue weighted by atomic mass is 9.91. The maximum absolute atomic E-state index is 13.5. The van der Waals surface area contributed by atoms with Gasteiger partial charge in [-0.2, -0.15) is 13.2 Å². The fourth-order valence-electron chi connectivity index (χ4n) is 3.10. The van der Waals surface area contributed by atoms with Gasteiger partial charge in [0.15, 0.2) is 5.11 Å². The number of hydrogen-bond acceptors (Lipinski definition) is 4. The minimum Gasteiger partial charge on any atom is -0.351 e. The molecule has 0 fully saturated rings. The Morgan fingerprint density at radius 1 is 1.17 bits per heavy atom. The molecule has 1 amide bonds. The molecule has 0 saturated carbocycles. The zero-order valence-corrected chi connectivity index (χ0v) is 16.2. The summed E-state index contributed by atoms with van der Waals surface area (Å²) < 4.78 is 40.6. The number of anilines is 1. The largest absolute Gasteiger partial charge is 0.416 e. The van der Waals surface area contributed by atoms with Crippen LogP contribution in [0.3, 0.4) is 0 Å². The predicted molar refractivity (Wildman–Crippen MR) is 107 cm³/mol. The average Bonchev–Trinajstić information content (AvgIpc) is 2.67. The zero-order valence-electron chi connectivity index (χ0n) is 15.4. The van der Waals surface area contributed by atoms with E-state index in [0.717, 1.165) is 6.07 Å². The fraction of sp³-hybridized carbons (Fsp3) is 0.158. The highest BCUT2D eigenvalue weighted by Gasteiger charge is 2.38. The van der Waals surface area contributed by atoms with Gasteiger partial charge >= 0.3 is 6.18 Å². The topological polar surface area (TPSA) is 96.3 Å². The van der Waals surface area contributed by atoms with E-state index in [1.54, 1.807) is 0 Å². The van der Waals surface area contributed by atoms with E-state index in [1.807, 2.05) is 0 Å². The molecule has 7 nitrogen and oxygen atoms in total. The number of amides is 1. The van der Waals surface area contributed by atoms with Gasteiger partial charge in [0.05, 0.1) is 22.1 Å². The number of benzene rings is 2. The van der Waals surface area contributed by atoms with Gasteiger partial charge in [0.2, 0.25) is 0 Å². The number of hydrogen-bond donors (Lipinski definition) is 3. The zero-order chi connectivity index (χ0) is 22.1.